The average molecular weight is 537 g/mol. The predicted octanol–water partition coefficient (Wildman–Crippen LogP) is 5.80. The Morgan fingerprint density at radius 1 is 0.974 bits per heavy atom. The minimum atomic E-state index is -0.346. The maximum Gasteiger partial charge on any atom is 0.165 e. The van der Waals surface area contributed by atoms with Gasteiger partial charge in [0.15, 0.2) is 11.6 Å². The van der Waals surface area contributed by atoms with E-state index in [-0.39, 0.29) is 11.6 Å². The number of fused-ring (bicyclic) bond motifs is 1. The number of hydrogen-bond donors (Lipinski definition) is 1. The highest BCUT2D eigenvalue weighted by Crippen LogP contribution is 2.40. The number of benzene rings is 3. The van der Waals surface area contributed by atoms with Crippen molar-refractivity contribution in [3.63, 3.8) is 0 Å². The fourth-order valence-corrected chi connectivity index (χ4v) is 5.29. The second-order valence-electron chi connectivity index (χ2n) is 10.2. The van der Waals surface area contributed by atoms with Crippen molar-refractivity contribution in [3.05, 3.63) is 82.7 Å². The van der Waals surface area contributed by atoms with Gasteiger partial charge in [-0.2, -0.15) is 0 Å². The molecule has 210 valence electrons. The fourth-order valence-electron chi connectivity index (χ4n) is 5.29. The number of hydrogen-bond acceptors (Lipinski definition) is 6. The number of phenolic OH excluding ortho intramolecular Hbond substituents is 1. The number of aryl methyl sites for hydroxylation is 1. The largest absolute Gasteiger partial charge is 0.508 e. The van der Waals surface area contributed by atoms with Gasteiger partial charge in [-0.25, -0.2) is 4.39 Å². The van der Waals surface area contributed by atoms with Crippen LogP contribution in [0, 0.1) is 5.82 Å². The molecule has 1 unspecified atom stereocenters. The molecular formula is C32H41FN2O4. The summed E-state index contributed by atoms with van der Waals surface area (Å²) in [6.45, 7) is 6.03. The Bertz CT molecular complexity index is 1230. The Balaban J connectivity index is 1.49. The number of methoxy groups -OCH3 is 2. The number of anilines is 1. The van der Waals surface area contributed by atoms with Crippen LogP contribution in [0.3, 0.4) is 0 Å². The molecule has 0 saturated heterocycles. The second-order valence-corrected chi connectivity index (χ2v) is 10.2. The molecule has 3 aromatic carbocycles. The van der Waals surface area contributed by atoms with Gasteiger partial charge in [0, 0.05) is 45.0 Å². The first-order valence-corrected chi connectivity index (χ1v) is 13.7. The highest BCUT2D eigenvalue weighted by Gasteiger charge is 2.25. The molecule has 0 bridgehead atoms. The molecule has 0 fully saturated rings. The minimum absolute atomic E-state index is 0.274. The van der Waals surface area contributed by atoms with Crippen molar-refractivity contribution in [1.82, 2.24) is 4.90 Å². The van der Waals surface area contributed by atoms with E-state index in [2.05, 4.69) is 28.9 Å². The van der Waals surface area contributed by atoms with E-state index in [1.807, 2.05) is 31.3 Å². The van der Waals surface area contributed by atoms with E-state index in [1.165, 1.54) is 16.7 Å². The van der Waals surface area contributed by atoms with Gasteiger partial charge < -0.3 is 29.1 Å². The minimum Gasteiger partial charge on any atom is -0.508 e. The summed E-state index contributed by atoms with van der Waals surface area (Å²) in [6.07, 6.45) is 2.86. The molecule has 0 spiro atoms. The smallest absolute Gasteiger partial charge is 0.165 e. The zero-order valence-corrected chi connectivity index (χ0v) is 23.6. The van der Waals surface area contributed by atoms with Crippen LogP contribution in [0.2, 0.25) is 0 Å². The molecule has 0 saturated carbocycles. The van der Waals surface area contributed by atoms with Crippen LogP contribution >= 0.6 is 0 Å². The van der Waals surface area contributed by atoms with Gasteiger partial charge in [-0.1, -0.05) is 18.2 Å². The Labute approximate surface area is 231 Å². The third-order valence-electron chi connectivity index (χ3n) is 7.60. The Kier molecular flexibility index (Phi) is 10.1. The molecular weight excluding hydrogens is 495 g/mol. The van der Waals surface area contributed by atoms with Crippen LogP contribution in [0.15, 0.2) is 54.6 Å². The van der Waals surface area contributed by atoms with Crippen molar-refractivity contribution < 1.29 is 23.7 Å². The Morgan fingerprint density at radius 3 is 2.54 bits per heavy atom. The van der Waals surface area contributed by atoms with E-state index in [1.54, 1.807) is 32.4 Å². The van der Waals surface area contributed by atoms with Crippen LogP contribution in [0.1, 0.15) is 41.5 Å². The number of nitrogens with zero attached hydrogens (tertiary/aromatic N) is 2. The first-order chi connectivity index (χ1) is 18.9. The number of halogens is 1. The fraction of sp³-hybridized carbons (Fsp3) is 0.438. The molecule has 4 rings (SSSR count). The summed E-state index contributed by atoms with van der Waals surface area (Å²) in [5.41, 5.74) is 5.79. The van der Waals surface area contributed by atoms with Crippen molar-refractivity contribution in [2.24, 2.45) is 0 Å². The van der Waals surface area contributed by atoms with Gasteiger partial charge >= 0.3 is 0 Å². The first-order valence-electron chi connectivity index (χ1n) is 13.7. The highest BCUT2D eigenvalue weighted by atomic mass is 19.1. The van der Waals surface area contributed by atoms with Gasteiger partial charge in [-0.05, 0) is 91.7 Å². The third-order valence-corrected chi connectivity index (χ3v) is 7.60. The number of phenols is 1. The summed E-state index contributed by atoms with van der Waals surface area (Å²) < 4.78 is 31.4. The maximum atomic E-state index is 15.0. The van der Waals surface area contributed by atoms with E-state index >= 15 is 0 Å². The quantitative estimate of drug-likeness (QED) is 0.298. The van der Waals surface area contributed by atoms with Crippen molar-refractivity contribution in [2.75, 3.05) is 59.0 Å². The summed E-state index contributed by atoms with van der Waals surface area (Å²) in [5, 5.41) is 9.89. The lowest BCUT2D eigenvalue weighted by molar-refractivity contribution is 0.149. The number of likely N-dealkylation sites (N-methyl/N-ethyl adjacent to an activating group) is 1. The number of ether oxygens (including phenoxy) is 3. The van der Waals surface area contributed by atoms with Crippen LogP contribution in [0.4, 0.5) is 10.1 Å². The van der Waals surface area contributed by atoms with Crippen molar-refractivity contribution >= 4 is 5.69 Å². The van der Waals surface area contributed by atoms with E-state index in [4.69, 9.17) is 14.2 Å². The molecule has 1 N–H and O–H groups in total. The SMILES string of the molecule is CCN(Cc1ccc(OCCN(C)CCOC)c(F)c1)c1cc(OC)ccc1C1CCc2cc(O)ccc2C1. The van der Waals surface area contributed by atoms with Gasteiger partial charge in [0.25, 0.3) is 0 Å². The van der Waals surface area contributed by atoms with Gasteiger partial charge in [0.2, 0.25) is 0 Å². The van der Waals surface area contributed by atoms with Crippen molar-refractivity contribution in [2.45, 2.75) is 38.6 Å². The van der Waals surface area contributed by atoms with Gasteiger partial charge in [-0.15, -0.1) is 0 Å². The van der Waals surface area contributed by atoms with Gasteiger partial charge in [0.05, 0.1) is 13.7 Å². The zero-order valence-electron chi connectivity index (χ0n) is 23.6. The summed E-state index contributed by atoms with van der Waals surface area (Å²) in [4.78, 5) is 4.37. The lowest BCUT2D eigenvalue weighted by atomic mass is 9.79. The molecule has 0 radical (unpaired) electrons. The molecule has 1 atom stereocenters. The molecule has 3 aromatic rings. The number of rotatable bonds is 13. The molecule has 0 aliphatic heterocycles. The topological polar surface area (TPSA) is 54.4 Å². The standard InChI is InChI=1S/C32H41FN2O4/c1-5-35(22-23-6-13-32(30(33)18-23)39-17-15-34(2)14-16-37-3)31-21-28(38-4)11-12-29(31)26-8-7-25-20-27(36)10-9-24(25)19-26/h6,9-13,18,20-21,26,36H,5,7-8,14-17,19,22H2,1-4H3. The average Bonchev–Trinajstić information content (AvgIpc) is 2.95. The third kappa shape index (κ3) is 7.43. The van der Waals surface area contributed by atoms with Crippen molar-refractivity contribution in [1.29, 1.82) is 0 Å². The van der Waals surface area contributed by atoms with Crippen molar-refractivity contribution in [3.8, 4) is 17.2 Å². The van der Waals surface area contributed by atoms with Crippen LogP contribution in [-0.4, -0.2) is 64.1 Å². The molecule has 1 aliphatic carbocycles. The first kappa shape index (κ1) is 28.7. The monoisotopic (exact) mass is 536 g/mol. The lowest BCUT2D eigenvalue weighted by Gasteiger charge is -2.32. The van der Waals surface area contributed by atoms with E-state index in [0.717, 1.165) is 49.4 Å². The summed E-state index contributed by atoms with van der Waals surface area (Å²) in [7, 11) is 5.35. The summed E-state index contributed by atoms with van der Waals surface area (Å²) in [5.74, 6) is 1.41. The van der Waals surface area contributed by atoms with E-state index in [9.17, 15) is 9.50 Å². The molecule has 0 heterocycles. The second kappa shape index (κ2) is 13.7. The van der Waals surface area contributed by atoms with Gasteiger partial charge in [0.1, 0.15) is 18.1 Å². The normalized spacial score (nSPS) is 14.8. The zero-order chi connectivity index (χ0) is 27.8. The lowest BCUT2D eigenvalue weighted by Crippen LogP contribution is -2.27. The van der Waals surface area contributed by atoms with Crippen LogP contribution < -0.4 is 14.4 Å². The van der Waals surface area contributed by atoms with Crippen LogP contribution in [0.5, 0.6) is 17.2 Å². The Hall–Kier alpha value is -3.29. The van der Waals surface area contributed by atoms with Crippen LogP contribution in [0.25, 0.3) is 0 Å². The molecule has 0 aromatic heterocycles. The Morgan fingerprint density at radius 2 is 1.79 bits per heavy atom. The molecule has 39 heavy (non-hydrogen) atoms. The maximum absolute atomic E-state index is 15.0. The molecule has 7 heteroatoms. The molecule has 0 amide bonds. The summed E-state index contributed by atoms with van der Waals surface area (Å²) >= 11 is 0. The van der Waals surface area contributed by atoms with E-state index in [0.29, 0.717) is 38.0 Å². The van der Waals surface area contributed by atoms with Crippen LogP contribution in [-0.2, 0) is 24.1 Å². The predicted molar refractivity (Wildman–Crippen MR) is 154 cm³/mol. The van der Waals surface area contributed by atoms with E-state index < -0.39 is 0 Å². The van der Waals surface area contributed by atoms with Gasteiger partial charge in [-0.3, -0.25) is 0 Å². The highest BCUT2D eigenvalue weighted by molar-refractivity contribution is 5.60. The molecule has 1 aliphatic rings. The molecule has 6 nitrogen and oxygen atoms in total. The number of aromatic hydroxyl groups is 1. The summed E-state index contributed by atoms with van der Waals surface area (Å²) in [6, 6.07) is 17.3.